The standard InChI is InChI=1S/C41H51N7O6S/c1-44(2)31-11-8-16-46(26-31)41(50)35-24-42-45(3)38(35)30-21-29-22-32(53-4)13-15-33(29)39-37(27-9-6-5-7-10-27)34-14-12-28(23-36(34)48(39)25-30)40(49)43-55(51,52)47-17-19-54-20-18-47/h12-15,21-24,27,31H,5-11,16-20,25-26H2,1-4H3,(H,43,49). The molecule has 0 spiro atoms. The Morgan fingerprint density at radius 3 is 2.49 bits per heavy atom. The van der Waals surface area contributed by atoms with Crippen molar-refractivity contribution in [1.82, 2.24) is 33.2 Å². The molecule has 5 heterocycles. The first kappa shape index (κ1) is 37.4. The van der Waals surface area contributed by atoms with Crippen LogP contribution in [0.4, 0.5) is 0 Å². The first-order valence-corrected chi connectivity index (χ1v) is 20.9. The molecule has 1 N–H and O–H groups in total. The summed E-state index contributed by atoms with van der Waals surface area (Å²) in [6, 6.07) is 12.0. The normalized spacial score (nSPS) is 19.8. The number of carbonyl (C=O) groups excluding carboxylic acids is 2. The molecule has 0 radical (unpaired) electrons. The Labute approximate surface area is 323 Å². The summed E-state index contributed by atoms with van der Waals surface area (Å²) in [4.78, 5) is 32.3. The fraction of sp³-hybridized carbons (Fsp3) is 0.488. The van der Waals surface area contributed by atoms with Gasteiger partial charge in [-0.25, -0.2) is 4.72 Å². The van der Waals surface area contributed by atoms with Crippen molar-refractivity contribution in [2.75, 3.05) is 60.6 Å². The van der Waals surface area contributed by atoms with Crippen molar-refractivity contribution < 1.29 is 27.5 Å². The van der Waals surface area contributed by atoms with Gasteiger partial charge in [-0.3, -0.25) is 14.3 Å². The third-order valence-corrected chi connectivity index (χ3v) is 13.5. The van der Waals surface area contributed by atoms with E-state index in [1.165, 1.54) is 16.3 Å². The van der Waals surface area contributed by atoms with Crippen LogP contribution >= 0.6 is 0 Å². The number of carbonyl (C=O) groups is 2. The van der Waals surface area contributed by atoms with Crippen molar-refractivity contribution in [1.29, 1.82) is 0 Å². The average molecular weight is 770 g/mol. The summed E-state index contributed by atoms with van der Waals surface area (Å²) in [6.07, 6.45) is 11.4. The van der Waals surface area contributed by atoms with Crippen LogP contribution in [0.1, 0.15) is 88.4 Å². The first-order valence-electron chi connectivity index (χ1n) is 19.5. The second-order valence-electron chi connectivity index (χ2n) is 15.5. The number of amides is 2. The van der Waals surface area contributed by atoms with Gasteiger partial charge >= 0.3 is 10.2 Å². The Balaban J connectivity index is 1.27. The number of methoxy groups -OCH3 is 1. The number of aromatic nitrogens is 3. The van der Waals surface area contributed by atoms with E-state index >= 15 is 0 Å². The average Bonchev–Trinajstić information content (AvgIpc) is 3.69. The molecule has 2 aromatic heterocycles. The molecule has 3 fully saturated rings. The van der Waals surface area contributed by atoms with Gasteiger partial charge in [-0.05, 0) is 98.8 Å². The maximum absolute atomic E-state index is 14.4. The topological polar surface area (TPSA) is 131 Å². The molecule has 8 rings (SSSR count). The van der Waals surface area contributed by atoms with Gasteiger partial charge in [0, 0.05) is 61.3 Å². The number of aryl methyl sites for hydroxylation is 1. The number of fused-ring (bicyclic) bond motifs is 5. The number of nitrogens with one attached hydrogen (secondary N) is 1. The fourth-order valence-electron chi connectivity index (χ4n) is 9.06. The van der Waals surface area contributed by atoms with Crippen LogP contribution in [-0.2, 0) is 28.5 Å². The molecule has 2 aromatic carbocycles. The van der Waals surface area contributed by atoms with Gasteiger partial charge < -0.3 is 23.8 Å². The third-order valence-electron chi connectivity index (χ3n) is 12.0. The summed E-state index contributed by atoms with van der Waals surface area (Å²) in [5, 5.41) is 5.69. The molecule has 14 heteroatoms. The van der Waals surface area contributed by atoms with Gasteiger partial charge in [0.2, 0.25) is 0 Å². The van der Waals surface area contributed by atoms with E-state index < -0.39 is 16.1 Å². The van der Waals surface area contributed by atoms with E-state index in [-0.39, 0.29) is 43.8 Å². The third kappa shape index (κ3) is 7.09. The number of ether oxygens (including phenoxy) is 2. The Hall–Kier alpha value is -4.50. The highest BCUT2D eigenvalue weighted by molar-refractivity contribution is 7.87. The molecule has 1 unspecified atom stereocenters. The molecule has 2 saturated heterocycles. The molecule has 4 aliphatic rings. The van der Waals surface area contributed by atoms with Crippen LogP contribution in [0, 0.1) is 0 Å². The lowest BCUT2D eigenvalue weighted by Crippen LogP contribution is -2.48. The fourth-order valence-corrected chi connectivity index (χ4v) is 10.2. The lowest BCUT2D eigenvalue weighted by atomic mass is 9.81. The highest BCUT2D eigenvalue weighted by atomic mass is 32.2. The highest BCUT2D eigenvalue weighted by Gasteiger charge is 2.34. The summed E-state index contributed by atoms with van der Waals surface area (Å²) in [7, 11) is 3.61. The van der Waals surface area contributed by atoms with Crippen LogP contribution in [0.5, 0.6) is 5.75 Å². The van der Waals surface area contributed by atoms with Gasteiger partial charge in [0.05, 0.1) is 50.0 Å². The molecule has 4 aromatic rings. The van der Waals surface area contributed by atoms with Gasteiger partial charge in [0.15, 0.2) is 0 Å². The molecule has 55 heavy (non-hydrogen) atoms. The van der Waals surface area contributed by atoms with E-state index in [0.717, 1.165) is 83.3 Å². The number of piperidine rings is 1. The number of hydrogen-bond donors (Lipinski definition) is 1. The van der Waals surface area contributed by atoms with E-state index in [1.54, 1.807) is 24.1 Å². The van der Waals surface area contributed by atoms with Crippen LogP contribution in [0.15, 0.2) is 42.6 Å². The number of allylic oxidation sites excluding steroid dienone is 1. The molecule has 1 aliphatic carbocycles. The second-order valence-corrected chi connectivity index (χ2v) is 17.2. The van der Waals surface area contributed by atoms with Crippen LogP contribution in [0.25, 0.3) is 33.8 Å². The van der Waals surface area contributed by atoms with Gasteiger partial charge in [0.25, 0.3) is 11.8 Å². The Morgan fingerprint density at radius 1 is 0.964 bits per heavy atom. The summed E-state index contributed by atoms with van der Waals surface area (Å²) < 4.78 is 45.2. The zero-order chi connectivity index (χ0) is 38.4. The van der Waals surface area contributed by atoms with E-state index in [9.17, 15) is 18.0 Å². The molecule has 0 bridgehead atoms. The van der Waals surface area contributed by atoms with Gasteiger partial charge in [-0.15, -0.1) is 0 Å². The summed E-state index contributed by atoms with van der Waals surface area (Å²) >= 11 is 0. The SMILES string of the molecule is COc1ccc2c(c1)C=C(c1c(C(=O)N3CCCC(N(C)C)C3)cnn1C)Cn1c-2c(C2CCCCC2)c2ccc(C(=O)NS(=O)(=O)N3CCOCC3)cc21. The zero-order valence-electron chi connectivity index (χ0n) is 32.2. The predicted molar refractivity (Wildman–Crippen MR) is 212 cm³/mol. The zero-order valence-corrected chi connectivity index (χ0v) is 33.0. The van der Waals surface area contributed by atoms with Crippen molar-refractivity contribution in [3.05, 3.63) is 70.5 Å². The Kier molecular flexibility index (Phi) is 10.3. The van der Waals surface area contributed by atoms with E-state index in [2.05, 4.69) is 45.5 Å². The number of morpholine rings is 1. The van der Waals surface area contributed by atoms with E-state index in [0.29, 0.717) is 31.1 Å². The van der Waals surface area contributed by atoms with Crippen LogP contribution in [0.2, 0.25) is 0 Å². The molecular weight excluding hydrogens is 719 g/mol. The minimum atomic E-state index is -4.06. The summed E-state index contributed by atoms with van der Waals surface area (Å²) in [5.74, 6) is 0.312. The lowest BCUT2D eigenvalue weighted by Gasteiger charge is -2.36. The van der Waals surface area contributed by atoms with Crippen molar-refractivity contribution >= 4 is 44.6 Å². The predicted octanol–water partition coefficient (Wildman–Crippen LogP) is 5.13. The van der Waals surface area contributed by atoms with Crippen LogP contribution < -0.4 is 9.46 Å². The summed E-state index contributed by atoms with van der Waals surface area (Å²) in [5.41, 5.74) is 7.60. The maximum atomic E-state index is 14.4. The molecule has 13 nitrogen and oxygen atoms in total. The largest absolute Gasteiger partial charge is 0.497 e. The van der Waals surface area contributed by atoms with E-state index in [1.807, 2.05) is 36.2 Å². The van der Waals surface area contributed by atoms with Crippen molar-refractivity contribution in [3.8, 4) is 17.0 Å². The van der Waals surface area contributed by atoms with Gasteiger partial charge in [-0.1, -0.05) is 25.3 Å². The van der Waals surface area contributed by atoms with Gasteiger partial charge in [-0.2, -0.15) is 17.8 Å². The quantitative estimate of drug-likeness (QED) is 0.261. The lowest BCUT2D eigenvalue weighted by molar-refractivity contribution is 0.0634. The Bertz CT molecular complexity index is 2260. The molecule has 3 aliphatic heterocycles. The molecule has 292 valence electrons. The number of rotatable bonds is 8. The number of hydrogen-bond acceptors (Lipinski definition) is 8. The Morgan fingerprint density at radius 2 is 1.75 bits per heavy atom. The summed E-state index contributed by atoms with van der Waals surface area (Å²) in [6.45, 7) is 2.68. The number of nitrogens with zero attached hydrogens (tertiary/aromatic N) is 6. The highest BCUT2D eigenvalue weighted by Crippen LogP contribution is 2.48. The van der Waals surface area contributed by atoms with Crippen molar-refractivity contribution in [2.45, 2.75) is 63.5 Å². The minimum absolute atomic E-state index is 0.0356. The second kappa shape index (κ2) is 15.2. The first-order chi connectivity index (χ1) is 26.5. The molecule has 1 saturated carbocycles. The molecule has 1 atom stereocenters. The molecule has 2 amide bonds. The molecular formula is C41H51N7O6S. The van der Waals surface area contributed by atoms with Crippen LogP contribution in [-0.4, -0.2) is 115 Å². The van der Waals surface area contributed by atoms with Crippen molar-refractivity contribution in [3.63, 3.8) is 0 Å². The maximum Gasteiger partial charge on any atom is 0.304 e. The van der Waals surface area contributed by atoms with Gasteiger partial charge in [0.1, 0.15) is 5.75 Å². The number of likely N-dealkylation sites (tertiary alicyclic amines) is 1. The number of likely N-dealkylation sites (N-methyl/N-ethyl adjacent to an activating group) is 1. The smallest absolute Gasteiger partial charge is 0.304 e. The monoisotopic (exact) mass is 769 g/mol. The minimum Gasteiger partial charge on any atom is -0.497 e. The number of benzene rings is 2. The van der Waals surface area contributed by atoms with E-state index in [4.69, 9.17) is 9.47 Å². The van der Waals surface area contributed by atoms with Crippen molar-refractivity contribution in [2.24, 2.45) is 7.05 Å². The van der Waals surface area contributed by atoms with Crippen LogP contribution in [0.3, 0.4) is 0 Å².